The molecule has 5 nitrogen and oxygen atoms in total. The first-order valence-corrected chi connectivity index (χ1v) is 8.43. The number of nitrogens with zero attached hydrogens (tertiary/aromatic N) is 1. The molecule has 3 aromatic rings. The van der Waals surface area contributed by atoms with E-state index in [-0.39, 0.29) is 12.1 Å². The van der Waals surface area contributed by atoms with Crippen LogP contribution in [0.5, 0.6) is 0 Å². The second-order valence-electron chi connectivity index (χ2n) is 5.57. The van der Waals surface area contributed by atoms with Crippen LogP contribution in [0.3, 0.4) is 0 Å². The van der Waals surface area contributed by atoms with Crippen molar-refractivity contribution in [1.82, 2.24) is 9.88 Å². The van der Waals surface area contributed by atoms with Crippen LogP contribution in [-0.2, 0) is 16.0 Å². The molecule has 1 aromatic carbocycles. The van der Waals surface area contributed by atoms with Gasteiger partial charge in [0.25, 0.3) is 11.8 Å². The van der Waals surface area contributed by atoms with Crippen LogP contribution >= 0.6 is 11.3 Å². The van der Waals surface area contributed by atoms with E-state index in [4.69, 9.17) is 0 Å². The lowest BCUT2D eigenvalue weighted by Gasteiger charge is -2.13. The minimum absolute atomic E-state index is 0.105. The van der Waals surface area contributed by atoms with Crippen LogP contribution < -0.4 is 0 Å². The first kappa shape index (κ1) is 14.7. The van der Waals surface area contributed by atoms with Crippen molar-refractivity contribution in [3.8, 4) is 0 Å². The van der Waals surface area contributed by atoms with Gasteiger partial charge in [0, 0.05) is 28.5 Å². The van der Waals surface area contributed by atoms with Gasteiger partial charge in [0.2, 0.25) is 0 Å². The van der Waals surface area contributed by atoms with E-state index in [2.05, 4.69) is 4.98 Å². The molecular weight excluding hydrogens is 324 g/mol. The van der Waals surface area contributed by atoms with Crippen LogP contribution in [0.4, 0.5) is 0 Å². The predicted molar refractivity (Wildman–Crippen MR) is 92.6 cm³/mol. The fourth-order valence-corrected chi connectivity index (χ4v) is 3.74. The van der Waals surface area contributed by atoms with Crippen LogP contribution in [0.15, 0.2) is 53.7 Å². The highest BCUT2D eigenvalue weighted by Gasteiger charge is 2.39. The number of aromatic nitrogens is 1. The van der Waals surface area contributed by atoms with Gasteiger partial charge in [0.1, 0.15) is 5.57 Å². The maximum atomic E-state index is 12.5. The van der Waals surface area contributed by atoms with Crippen LogP contribution in [0.2, 0.25) is 0 Å². The lowest BCUT2D eigenvalue weighted by molar-refractivity contribution is -0.138. The summed E-state index contributed by atoms with van der Waals surface area (Å²) in [5, 5.41) is 13.0. The number of benzene rings is 1. The molecule has 0 bridgehead atoms. The lowest BCUT2D eigenvalue weighted by Crippen LogP contribution is -2.33. The number of para-hydroxylation sites is 1. The Bertz CT molecular complexity index is 969. The zero-order chi connectivity index (χ0) is 16.7. The maximum Gasteiger partial charge on any atom is 0.296 e. The summed E-state index contributed by atoms with van der Waals surface area (Å²) in [6.45, 7) is 0.235. The number of thiophene rings is 1. The van der Waals surface area contributed by atoms with Gasteiger partial charge in [-0.2, -0.15) is 0 Å². The predicted octanol–water partition coefficient (Wildman–Crippen LogP) is 3.11. The third-order valence-electron chi connectivity index (χ3n) is 4.19. The van der Waals surface area contributed by atoms with Crippen LogP contribution in [-0.4, -0.2) is 33.3 Å². The van der Waals surface area contributed by atoms with Gasteiger partial charge in [-0.1, -0.05) is 24.3 Å². The Balaban J connectivity index is 1.56. The molecule has 2 N–H and O–H groups in total. The average molecular weight is 338 g/mol. The highest BCUT2D eigenvalue weighted by molar-refractivity contribution is 7.11. The van der Waals surface area contributed by atoms with Gasteiger partial charge in [0.15, 0.2) is 5.76 Å². The Kier molecular flexibility index (Phi) is 3.46. The van der Waals surface area contributed by atoms with Crippen molar-refractivity contribution < 1.29 is 14.7 Å². The maximum absolute atomic E-state index is 12.5. The molecule has 0 unspecified atom stereocenters. The summed E-state index contributed by atoms with van der Waals surface area (Å²) in [5.74, 6) is -1.51. The molecule has 4 rings (SSSR count). The summed E-state index contributed by atoms with van der Waals surface area (Å²) in [6, 6.07) is 11.4. The van der Waals surface area contributed by atoms with Gasteiger partial charge in [-0.3, -0.25) is 14.5 Å². The number of imide groups is 1. The Morgan fingerprint density at radius 3 is 2.71 bits per heavy atom. The molecule has 1 aliphatic rings. The van der Waals surface area contributed by atoms with Gasteiger partial charge in [-0.05, 0) is 29.5 Å². The average Bonchev–Trinajstić information content (AvgIpc) is 3.28. The number of amides is 2. The number of carbonyl (C=O) groups is 2. The molecule has 1 aliphatic heterocycles. The van der Waals surface area contributed by atoms with Crippen molar-refractivity contribution in [2.45, 2.75) is 6.42 Å². The van der Waals surface area contributed by atoms with E-state index in [0.717, 1.165) is 21.4 Å². The number of nitrogens with one attached hydrogen (secondary N) is 1. The van der Waals surface area contributed by atoms with Crippen LogP contribution in [0, 0.1) is 0 Å². The Labute approximate surface area is 141 Å². The SMILES string of the molecule is O=C1C(O)=C(c2cccs2)C(=O)N1CCc1c[nH]c2ccccc12. The molecule has 2 aromatic heterocycles. The van der Waals surface area contributed by atoms with Gasteiger partial charge < -0.3 is 10.1 Å². The fourth-order valence-electron chi connectivity index (χ4n) is 2.98. The minimum atomic E-state index is -0.622. The number of carbonyl (C=O) groups excluding carboxylic acids is 2. The van der Waals surface area contributed by atoms with Crippen molar-refractivity contribution in [1.29, 1.82) is 0 Å². The highest BCUT2D eigenvalue weighted by atomic mass is 32.1. The van der Waals surface area contributed by atoms with Gasteiger partial charge in [-0.25, -0.2) is 0 Å². The van der Waals surface area contributed by atoms with Crippen LogP contribution in [0.25, 0.3) is 16.5 Å². The molecule has 2 amide bonds. The molecule has 120 valence electrons. The monoisotopic (exact) mass is 338 g/mol. The molecule has 0 fully saturated rings. The molecular formula is C18H14N2O3S. The zero-order valence-electron chi connectivity index (χ0n) is 12.7. The van der Waals surface area contributed by atoms with Gasteiger partial charge in [-0.15, -0.1) is 11.3 Å². The summed E-state index contributed by atoms with van der Waals surface area (Å²) in [7, 11) is 0. The Hall–Kier alpha value is -2.86. The molecule has 0 saturated carbocycles. The number of fused-ring (bicyclic) bond motifs is 1. The summed E-state index contributed by atoms with van der Waals surface area (Å²) < 4.78 is 0. The van der Waals surface area contributed by atoms with E-state index in [9.17, 15) is 14.7 Å². The number of H-pyrrole nitrogens is 1. The fraction of sp³-hybridized carbons (Fsp3) is 0.111. The third kappa shape index (κ3) is 2.23. The van der Waals surface area contributed by atoms with E-state index in [1.54, 1.807) is 12.1 Å². The molecule has 0 atom stereocenters. The number of hydrogen-bond acceptors (Lipinski definition) is 4. The summed E-state index contributed by atoms with van der Waals surface area (Å²) in [5.41, 5.74) is 2.16. The highest BCUT2D eigenvalue weighted by Crippen LogP contribution is 2.31. The van der Waals surface area contributed by atoms with Crippen molar-refractivity contribution in [2.75, 3.05) is 6.54 Å². The Morgan fingerprint density at radius 2 is 1.92 bits per heavy atom. The van der Waals surface area contributed by atoms with Gasteiger partial charge in [0.05, 0.1) is 0 Å². The largest absolute Gasteiger partial charge is 0.502 e. The molecule has 24 heavy (non-hydrogen) atoms. The first-order valence-electron chi connectivity index (χ1n) is 7.55. The van der Waals surface area contributed by atoms with Crippen LogP contribution in [0.1, 0.15) is 10.4 Å². The van der Waals surface area contributed by atoms with E-state index in [1.165, 1.54) is 11.3 Å². The summed E-state index contributed by atoms with van der Waals surface area (Å²) >= 11 is 1.33. The first-order chi connectivity index (χ1) is 11.7. The van der Waals surface area contributed by atoms with Gasteiger partial charge >= 0.3 is 0 Å². The summed E-state index contributed by atoms with van der Waals surface area (Å²) in [6.07, 6.45) is 2.43. The topological polar surface area (TPSA) is 73.4 Å². The normalized spacial score (nSPS) is 15.1. The number of hydrogen-bond donors (Lipinski definition) is 2. The number of rotatable bonds is 4. The molecule has 6 heteroatoms. The number of aliphatic hydroxyl groups is 1. The standard InChI is InChI=1S/C18H14N2O3S/c21-16-15(14-6-3-9-24-14)17(22)20(18(16)23)8-7-11-10-19-13-5-2-1-4-12(11)13/h1-6,9-10,19,21H,7-8H2. The summed E-state index contributed by atoms with van der Waals surface area (Å²) in [4.78, 5) is 29.7. The van der Waals surface area contributed by atoms with Crippen molar-refractivity contribution >= 4 is 39.6 Å². The molecule has 0 spiro atoms. The molecule has 0 radical (unpaired) electrons. The Morgan fingerprint density at radius 1 is 1.08 bits per heavy atom. The smallest absolute Gasteiger partial charge is 0.296 e. The van der Waals surface area contributed by atoms with Crippen molar-refractivity contribution in [3.63, 3.8) is 0 Å². The molecule has 0 aliphatic carbocycles. The zero-order valence-corrected chi connectivity index (χ0v) is 13.5. The quantitative estimate of drug-likeness (QED) is 0.718. The third-order valence-corrected chi connectivity index (χ3v) is 5.08. The second kappa shape index (κ2) is 5.65. The van der Waals surface area contributed by atoms with E-state index in [1.807, 2.05) is 35.8 Å². The second-order valence-corrected chi connectivity index (χ2v) is 6.52. The lowest BCUT2D eigenvalue weighted by atomic mass is 10.1. The van der Waals surface area contributed by atoms with E-state index >= 15 is 0 Å². The molecule has 0 saturated heterocycles. The number of aliphatic hydroxyl groups excluding tert-OH is 1. The number of aromatic amines is 1. The van der Waals surface area contributed by atoms with E-state index < -0.39 is 17.6 Å². The minimum Gasteiger partial charge on any atom is -0.502 e. The van der Waals surface area contributed by atoms with Crippen molar-refractivity contribution in [2.24, 2.45) is 0 Å². The van der Waals surface area contributed by atoms with E-state index in [0.29, 0.717) is 11.3 Å². The van der Waals surface area contributed by atoms with Crippen molar-refractivity contribution in [3.05, 3.63) is 64.2 Å². The molecule has 3 heterocycles.